The molecular formula is C26H26N2O2. The molecule has 1 aliphatic rings. The van der Waals surface area contributed by atoms with Crippen LogP contribution in [0.2, 0.25) is 0 Å². The highest BCUT2D eigenvalue weighted by Crippen LogP contribution is 2.34. The standard InChI is InChI=1S/C26H26N2O2/c1-3-30-25-11-5-4-10-23(25)19-12-13-24(29-2)22(16-19)17-20-8-7-15-28-26(20)21-9-6-14-27-18-21/h4-6,9-14,16-18H,3,7-8,15H2,1-2H3/b20-17-. The molecule has 3 aromatic rings. The number of allylic oxidation sites excluding steroid dienone is 1. The predicted molar refractivity (Wildman–Crippen MR) is 122 cm³/mol. The lowest BCUT2D eigenvalue weighted by molar-refractivity contribution is 0.341. The summed E-state index contributed by atoms with van der Waals surface area (Å²) in [4.78, 5) is 9.07. The molecule has 0 fully saturated rings. The van der Waals surface area contributed by atoms with E-state index in [0.29, 0.717) is 6.61 Å². The average molecular weight is 399 g/mol. The SMILES string of the molecule is CCOc1ccccc1-c1ccc(OC)c(/C=C2/CCCN=C2c2cccnc2)c1. The van der Waals surface area contributed by atoms with Crippen LogP contribution < -0.4 is 9.47 Å². The lowest BCUT2D eigenvalue weighted by atomic mass is 9.93. The number of nitrogens with zero attached hydrogens (tertiary/aromatic N) is 2. The third kappa shape index (κ3) is 4.28. The van der Waals surface area contributed by atoms with Gasteiger partial charge in [-0.3, -0.25) is 9.98 Å². The second-order valence-electron chi connectivity index (χ2n) is 7.13. The van der Waals surface area contributed by atoms with Crippen molar-refractivity contribution in [3.63, 3.8) is 0 Å². The molecule has 4 nitrogen and oxygen atoms in total. The number of hydrogen-bond acceptors (Lipinski definition) is 4. The van der Waals surface area contributed by atoms with E-state index in [-0.39, 0.29) is 0 Å². The molecule has 152 valence electrons. The summed E-state index contributed by atoms with van der Waals surface area (Å²) in [7, 11) is 1.71. The van der Waals surface area contributed by atoms with E-state index >= 15 is 0 Å². The van der Waals surface area contributed by atoms with Crippen LogP contribution >= 0.6 is 0 Å². The van der Waals surface area contributed by atoms with Crippen LogP contribution in [0.1, 0.15) is 30.9 Å². The van der Waals surface area contributed by atoms with Gasteiger partial charge in [0.1, 0.15) is 11.5 Å². The Kier molecular flexibility index (Phi) is 6.23. The van der Waals surface area contributed by atoms with Gasteiger partial charge in [0.25, 0.3) is 0 Å². The molecule has 0 aliphatic carbocycles. The van der Waals surface area contributed by atoms with Gasteiger partial charge in [0.15, 0.2) is 0 Å². The minimum Gasteiger partial charge on any atom is -0.496 e. The Morgan fingerprint density at radius 3 is 2.70 bits per heavy atom. The van der Waals surface area contributed by atoms with Crippen molar-refractivity contribution in [2.24, 2.45) is 4.99 Å². The summed E-state index contributed by atoms with van der Waals surface area (Å²) in [5.41, 5.74) is 6.50. The molecule has 0 unspecified atom stereocenters. The number of methoxy groups -OCH3 is 1. The van der Waals surface area contributed by atoms with E-state index in [2.05, 4.69) is 35.3 Å². The van der Waals surface area contributed by atoms with E-state index in [0.717, 1.165) is 58.9 Å². The summed E-state index contributed by atoms with van der Waals surface area (Å²) in [5.74, 6) is 1.73. The van der Waals surface area contributed by atoms with Crippen molar-refractivity contribution in [1.82, 2.24) is 4.98 Å². The first kappa shape index (κ1) is 19.9. The third-order valence-electron chi connectivity index (χ3n) is 5.17. The number of aliphatic imine (C=N–C) groups is 1. The van der Waals surface area contributed by atoms with Crippen molar-refractivity contribution in [3.05, 3.63) is 83.7 Å². The summed E-state index contributed by atoms with van der Waals surface area (Å²) < 4.78 is 11.5. The van der Waals surface area contributed by atoms with Gasteiger partial charge in [-0.15, -0.1) is 0 Å². The van der Waals surface area contributed by atoms with Gasteiger partial charge in [-0.25, -0.2) is 0 Å². The highest BCUT2D eigenvalue weighted by Gasteiger charge is 2.16. The van der Waals surface area contributed by atoms with Crippen molar-refractivity contribution in [2.75, 3.05) is 20.3 Å². The lowest BCUT2D eigenvalue weighted by Gasteiger charge is -2.17. The molecule has 0 radical (unpaired) electrons. The molecule has 2 aromatic carbocycles. The maximum Gasteiger partial charge on any atom is 0.127 e. The maximum absolute atomic E-state index is 5.84. The number of rotatable bonds is 6. The average Bonchev–Trinajstić information content (AvgIpc) is 2.81. The minimum atomic E-state index is 0.634. The monoisotopic (exact) mass is 398 g/mol. The van der Waals surface area contributed by atoms with Gasteiger partial charge in [-0.2, -0.15) is 0 Å². The Bertz CT molecular complexity index is 1070. The van der Waals surface area contributed by atoms with Gasteiger partial charge in [0.05, 0.1) is 19.4 Å². The van der Waals surface area contributed by atoms with Crippen molar-refractivity contribution in [2.45, 2.75) is 19.8 Å². The molecule has 0 spiro atoms. The number of para-hydroxylation sites is 1. The fourth-order valence-corrected chi connectivity index (χ4v) is 3.79. The Morgan fingerprint density at radius 1 is 1.00 bits per heavy atom. The highest BCUT2D eigenvalue weighted by molar-refractivity contribution is 6.15. The molecule has 0 amide bonds. The lowest BCUT2D eigenvalue weighted by Crippen LogP contribution is -2.12. The van der Waals surface area contributed by atoms with E-state index in [1.807, 2.05) is 43.5 Å². The molecule has 4 rings (SSSR count). The number of benzene rings is 2. The summed E-state index contributed by atoms with van der Waals surface area (Å²) in [5, 5.41) is 0. The zero-order chi connectivity index (χ0) is 20.8. The summed E-state index contributed by atoms with van der Waals surface area (Å²) in [6.45, 7) is 3.48. The first-order valence-corrected chi connectivity index (χ1v) is 10.4. The zero-order valence-electron chi connectivity index (χ0n) is 17.5. The van der Waals surface area contributed by atoms with Gasteiger partial charge >= 0.3 is 0 Å². The smallest absolute Gasteiger partial charge is 0.127 e. The van der Waals surface area contributed by atoms with E-state index in [9.17, 15) is 0 Å². The number of hydrogen-bond donors (Lipinski definition) is 0. The van der Waals surface area contributed by atoms with Gasteiger partial charge in [-0.05, 0) is 67.3 Å². The van der Waals surface area contributed by atoms with E-state index in [1.54, 1.807) is 13.3 Å². The van der Waals surface area contributed by atoms with Crippen molar-refractivity contribution in [1.29, 1.82) is 0 Å². The van der Waals surface area contributed by atoms with Crippen LogP contribution in [0.15, 0.2) is 77.6 Å². The first-order valence-electron chi connectivity index (χ1n) is 10.4. The highest BCUT2D eigenvalue weighted by atomic mass is 16.5. The maximum atomic E-state index is 5.84. The van der Waals surface area contributed by atoms with E-state index in [1.165, 1.54) is 5.57 Å². The Labute approximate surface area is 177 Å². The molecule has 0 saturated heterocycles. The Balaban J connectivity index is 1.78. The summed E-state index contributed by atoms with van der Waals surface area (Å²) in [6, 6.07) is 18.4. The predicted octanol–water partition coefficient (Wildman–Crippen LogP) is 5.82. The van der Waals surface area contributed by atoms with E-state index in [4.69, 9.17) is 14.5 Å². The molecule has 30 heavy (non-hydrogen) atoms. The Morgan fingerprint density at radius 2 is 1.90 bits per heavy atom. The molecular weight excluding hydrogens is 372 g/mol. The van der Waals surface area contributed by atoms with E-state index < -0.39 is 0 Å². The third-order valence-corrected chi connectivity index (χ3v) is 5.17. The van der Waals surface area contributed by atoms with Gasteiger partial charge in [0, 0.05) is 35.6 Å². The van der Waals surface area contributed by atoms with Gasteiger partial charge < -0.3 is 9.47 Å². The van der Waals surface area contributed by atoms with Crippen LogP contribution in [0.5, 0.6) is 11.5 Å². The van der Waals surface area contributed by atoms with Crippen LogP contribution in [-0.2, 0) is 0 Å². The van der Waals surface area contributed by atoms with Crippen LogP contribution in [0.25, 0.3) is 17.2 Å². The zero-order valence-corrected chi connectivity index (χ0v) is 17.5. The second-order valence-corrected chi connectivity index (χ2v) is 7.13. The molecule has 1 aliphatic heterocycles. The molecule has 0 saturated carbocycles. The second kappa shape index (κ2) is 9.40. The molecule has 1 aromatic heterocycles. The quantitative estimate of drug-likeness (QED) is 0.525. The van der Waals surface area contributed by atoms with Crippen LogP contribution in [-0.4, -0.2) is 31.0 Å². The summed E-state index contributed by atoms with van der Waals surface area (Å²) in [6.07, 6.45) is 7.90. The largest absolute Gasteiger partial charge is 0.496 e. The Hall–Kier alpha value is -3.40. The fourth-order valence-electron chi connectivity index (χ4n) is 3.79. The number of ether oxygens (including phenoxy) is 2. The van der Waals surface area contributed by atoms with Gasteiger partial charge in [0.2, 0.25) is 0 Å². The fraction of sp³-hybridized carbons (Fsp3) is 0.231. The molecule has 2 heterocycles. The molecule has 4 heteroatoms. The van der Waals surface area contributed by atoms with Crippen LogP contribution in [0.4, 0.5) is 0 Å². The van der Waals surface area contributed by atoms with Gasteiger partial charge in [-0.1, -0.05) is 24.3 Å². The number of pyridine rings is 1. The molecule has 0 atom stereocenters. The number of aromatic nitrogens is 1. The topological polar surface area (TPSA) is 43.7 Å². The first-order chi connectivity index (χ1) is 14.8. The molecule has 0 N–H and O–H groups in total. The minimum absolute atomic E-state index is 0.634. The van der Waals surface area contributed by atoms with Crippen molar-refractivity contribution in [3.8, 4) is 22.6 Å². The van der Waals surface area contributed by atoms with Crippen LogP contribution in [0, 0.1) is 0 Å². The normalized spacial score (nSPS) is 15.0. The molecule has 0 bridgehead atoms. The van der Waals surface area contributed by atoms with Crippen LogP contribution in [0.3, 0.4) is 0 Å². The van der Waals surface area contributed by atoms with Crippen molar-refractivity contribution >= 4 is 11.8 Å². The summed E-state index contributed by atoms with van der Waals surface area (Å²) >= 11 is 0. The van der Waals surface area contributed by atoms with Crippen molar-refractivity contribution < 1.29 is 9.47 Å².